The molecular formula is C19H25N3O2S. The van der Waals surface area contributed by atoms with E-state index < -0.39 is 0 Å². The fraction of sp³-hybridized carbons (Fsp3) is 0.421. The molecule has 0 aliphatic carbocycles. The summed E-state index contributed by atoms with van der Waals surface area (Å²) in [5.41, 5.74) is 2.18. The van der Waals surface area contributed by atoms with Crippen LogP contribution in [0.1, 0.15) is 12.5 Å². The topological polar surface area (TPSA) is 44.8 Å². The van der Waals surface area contributed by atoms with Crippen molar-refractivity contribution in [3.63, 3.8) is 0 Å². The van der Waals surface area contributed by atoms with Gasteiger partial charge >= 0.3 is 0 Å². The molecule has 0 unspecified atom stereocenters. The highest BCUT2D eigenvalue weighted by molar-refractivity contribution is 7.07. The number of carbonyl (C=O) groups excluding carboxylic acids is 1. The van der Waals surface area contributed by atoms with E-state index in [4.69, 9.17) is 4.74 Å². The maximum absolute atomic E-state index is 12.5. The van der Waals surface area contributed by atoms with Gasteiger partial charge in [-0.2, -0.15) is 11.3 Å². The molecule has 1 aromatic heterocycles. The Labute approximate surface area is 153 Å². The van der Waals surface area contributed by atoms with Crippen LogP contribution in [0.25, 0.3) is 0 Å². The quantitative estimate of drug-likeness (QED) is 0.861. The Balaban J connectivity index is 1.47. The van der Waals surface area contributed by atoms with E-state index in [1.54, 1.807) is 18.4 Å². The lowest BCUT2D eigenvalue weighted by Gasteiger charge is -2.37. The maximum Gasteiger partial charge on any atom is 0.241 e. The Morgan fingerprint density at radius 2 is 1.92 bits per heavy atom. The molecule has 1 aliphatic rings. The van der Waals surface area contributed by atoms with Gasteiger partial charge in [0.05, 0.1) is 13.2 Å². The normalized spacial score (nSPS) is 17.2. The molecule has 0 bridgehead atoms. The molecule has 1 aliphatic heterocycles. The zero-order chi connectivity index (χ0) is 17.6. The summed E-state index contributed by atoms with van der Waals surface area (Å²) in [4.78, 5) is 17.2. The van der Waals surface area contributed by atoms with E-state index in [2.05, 4.69) is 31.9 Å². The molecule has 6 heteroatoms. The summed E-state index contributed by atoms with van der Waals surface area (Å²) in [5, 5.41) is 7.32. The number of carbonyl (C=O) groups is 1. The average molecular weight is 359 g/mol. The van der Waals surface area contributed by atoms with Gasteiger partial charge in [0.25, 0.3) is 0 Å². The Morgan fingerprint density at radius 3 is 2.52 bits per heavy atom. The Morgan fingerprint density at radius 1 is 1.20 bits per heavy atom. The number of nitrogens with one attached hydrogen (secondary N) is 1. The number of nitrogens with zero attached hydrogens (tertiary/aromatic N) is 2. The van der Waals surface area contributed by atoms with Gasteiger partial charge in [-0.15, -0.1) is 0 Å². The zero-order valence-electron chi connectivity index (χ0n) is 14.8. The predicted molar refractivity (Wildman–Crippen MR) is 102 cm³/mol. The number of benzene rings is 1. The van der Waals surface area contributed by atoms with Crippen LogP contribution in [0.4, 0.5) is 5.69 Å². The molecule has 2 heterocycles. The molecule has 0 spiro atoms. The summed E-state index contributed by atoms with van der Waals surface area (Å²) in [5.74, 6) is 0.823. The smallest absolute Gasteiger partial charge is 0.241 e. The summed E-state index contributed by atoms with van der Waals surface area (Å²) in [6.07, 6.45) is 0. The molecule has 1 fully saturated rings. The van der Waals surface area contributed by atoms with Crippen molar-refractivity contribution in [1.82, 2.24) is 9.80 Å². The number of hydrogen-bond acceptors (Lipinski definition) is 5. The molecular weight excluding hydrogens is 334 g/mol. The van der Waals surface area contributed by atoms with Crippen LogP contribution in [0.2, 0.25) is 0 Å². The van der Waals surface area contributed by atoms with Crippen LogP contribution in [0.3, 0.4) is 0 Å². The lowest BCUT2D eigenvalue weighted by Crippen LogP contribution is -2.52. The van der Waals surface area contributed by atoms with Gasteiger partial charge in [-0.05, 0) is 53.6 Å². The number of ether oxygens (including phenoxy) is 1. The van der Waals surface area contributed by atoms with Gasteiger partial charge in [0.15, 0.2) is 0 Å². The van der Waals surface area contributed by atoms with Crippen molar-refractivity contribution in [2.45, 2.75) is 19.5 Å². The Bertz CT molecular complexity index is 664. The molecule has 0 saturated carbocycles. The molecule has 1 saturated heterocycles. The van der Waals surface area contributed by atoms with E-state index >= 15 is 0 Å². The minimum absolute atomic E-state index is 0.0384. The van der Waals surface area contributed by atoms with E-state index in [0.29, 0.717) is 0 Å². The van der Waals surface area contributed by atoms with Crippen LogP contribution in [0.5, 0.6) is 5.75 Å². The van der Waals surface area contributed by atoms with Gasteiger partial charge in [-0.1, -0.05) is 0 Å². The standard InChI is InChI=1S/C19H25N3O2S/c1-15(19(23)20-17-3-5-18(24-2)6-4-17)22-10-8-21(9-11-22)13-16-7-12-25-14-16/h3-7,12,14-15H,8-11,13H2,1-2H3,(H,20,23)/t15-/m1/s1. The van der Waals surface area contributed by atoms with Gasteiger partial charge in [0, 0.05) is 38.4 Å². The third-order valence-electron chi connectivity index (χ3n) is 4.68. The SMILES string of the molecule is COc1ccc(NC(=O)[C@@H](C)N2CCN(Cc3ccsc3)CC2)cc1. The third kappa shape index (κ3) is 4.81. The predicted octanol–water partition coefficient (Wildman–Crippen LogP) is 2.90. The highest BCUT2D eigenvalue weighted by Gasteiger charge is 2.25. The minimum Gasteiger partial charge on any atom is -0.497 e. The number of methoxy groups -OCH3 is 1. The van der Waals surface area contributed by atoms with Gasteiger partial charge in [-0.25, -0.2) is 0 Å². The number of rotatable bonds is 6. The lowest BCUT2D eigenvalue weighted by molar-refractivity contribution is -0.121. The molecule has 3 rings (SSSR count). The second-order valence-corrected chi connectivity index (χ2v) is 7.12. The van der Waals surface area contributed by atoms with Crippen molar-refractivity contribution in [3.8, 4) is 5.75 Å². The number of thiophene rings is 1. The van der Waals surface area contributed by atoms with E-state index in [9.17, 15) is 4.79 Å². The molecule has 0 radical (unpaired) electrons. The fourth-order valence-electron chi connectivity index (χ4n) is 3.04. The Hall–Kier alpha value is -1.89. The largest absolute Gasteiger partial charge is 0.497 e. The van der Waals surface area contributed by atoms with Crippen molar-refractivity contribution in [3.05, 3.63) is 46.7 Å². The number of amides is 1. The first-order valence-corrected chi connectivity index (χ1v) is 9.52. The second-order valence-electron chi connectivity index (χ2n) is 6.34. The van der Waals surface area contributed by atoms with Crippen molar-refractivity contribution in [1.29, 1.82) is 0 Å². The Kier molecular flexibility index (Phi) is 6.07. The summed E-state index contributed by atoms with van der Waals surface area (Å²) < 4.78 is 5.14. The first kappa shape index (κ1) is 17.9. The molecule has 134 valence electrons. The lowest BCUT2D eigenvalue weighted by atomic mass is 10.2. The summed E-state index contributed by atoms with van der Waals surface area (Å²) in [7, 11) is 1.63. The van der Waals surface area contributed by atoms with Crippen LogP contribution < -0.4 is 10.1 Å². The van der Waals surface area contributed by atoms with Crippen molar-refractivity contribution < 1.29 is 9.53 Å². The highest BCUT2D eigenvalue weighted by atomic mass is 32.1. The van der Waals surface area contributed by atoms with Crippen LogP contribution in [-0.2, 0) is 11.3 Å². The molecule has 2 aromatic rings. The van der Waals surface area contributed by atoms with E-state index in [0.717, 1.165) is 44.2 Å². The third-order valence-corrected chi connectivity index (χ3v) is 5.41. The van der Waals surface area contributed by atoms with Crippen molar-refractivity contribution >= 4 is 22.9 Å². The van der Waals surface area contributed by atoms with Crippen LogP contribution >= 0.6 is 11.3 Å². The molecule has 1 N–H and O–H groups in total. The number of hydrogen-bond donors (Lipinski definition) is 1. The van der Waals surface area contributed by atoms with Crippen LogP contribution in [0.15, 0.2) is 41.1 Å². The highest BCUT2D eigenvalue weighted by Crippen LogP contribution is 2.17. The summed E-state index contributed by atoms with van der Waals surface area (Å²) in [6.45, 7) is 6.81. The van der Waals surface area contributed by atoms with Gasteiger partial charge < -0.3 is 10.1 Å². The zero-order valence-corrected chi connectivity index (χ0v) is 15.6. The minimum atomic E-state index is -0.134. The van der Waals surface area contributed by atoms with E-state index in [-0.39, 0.29) is 11.9 Å². The van der Waals surface area contributed by atoms with Gasteiger partial charge in [0.1, 0.15) is 5.75 Å². The van der Waals surface area contributed by atoms with E-state index in [1.807, 2.05) is 31.2 Å². The molecule has 1 aromatic carbocycles. The first-order chi connectivity index (χ1) is 12.2. The fourth-order valence-corrected chi connectivity index (χ4v) is 3.70. The summed E-state index contributed by atoms with van der Waals surface area (Å²) >= 11 is 1.74. The van der Waals surface area contributed by atoms with E-state index in [1.165, 1.54) is 5.56 Å². The van der Waals surface area contributed by atoms with Crippen LogP contribution in [0, 0.1) is 0 Å². The van der Waals surface area contributed by atoms with Crippen LogP contribution in [-0.4, -0.2) is 55.0 Å². The van der Waals surface area contributed by atoms with Crippen molar-refractivity contribution in [2.24, 2.45) is 0 Å². The summed E-state index contributed by atoms with van der Waals surface area (Å²) in [6, 6.07) is 9.48. The maximum atomic E-state index is 12.5. The average Bonchev–Trinajstić information content (AvgIpc) is 3.15. The monoisotopic (exact) mass is 359 g/mol. The first-order valence-electron chi connectivity index (χ1n) is 8.58. The molecule has 5 nitrogen and oxygen atoms in total. The molecule has 25 heavy (non-hydrogen) atoms. The molecule has 1 atom stereocenters. The van der Waals surface area contributed by atoms with Crippen molar-refractivity contribution in [2.75, 3.05) is 38.6 Å². The number of piperazine rings is 1. The second kappa shape index (κ2) is 8.47. The molecule has 1 amide bonds. The van der Waals surface area contributed by atoms with Gasteiger partial charge in [-0.3, -0.25) is 14.6 Å². The number of anilines is 1. The van der Waals surface area contributed by atoms with Gasteiger partial charge in [0.2, 0.25) is 5.91 Å².